The summed E-state index contributed by atoms with van der Waals surface area (Å²) in [4.78, 5) is 30.2. The molecule has 0 amide bonds. The Kier molecular flexibility index (Phi) is 6.44. The summed E-state index contributed by atoms with van der Waals surface area (Å²) in [7, 11) is 0. The Morgan fingerprint density at radius 2 is 2.07 bits per heavy atom. The number of aryl methyl sites for hydroxylation is 1. The van der Waals surface area contributed by atoms with Gasteiger partial charge in [-0.25, -0.2) is 0 Å². The van der Waals surface area contributed by atoms with E-state index in [1.54, 1.807) is 11.3 Å². The number of thiophene rings is 1. The van der Waals surface area contributed by atoms with Crippen molar-refractivity contribution in [2.75, 3.05) is 6.54 Å². The number of hydrogen-bond donors (Lipinski definition) is 2. The Bertz CT molecular complexity index is 1000. The van der Waals surface area contributed by atoms with E-state index in [1.807, 2.05) is 38.3 Å². The number of aromatic nitrogens is 3. The van der Waals surface area contributed by atoms with Gasteiger partial charge in [-0.2, -0.15) is 0 Å². The van der Waals surface area contributed by atoms with Crippen LogP contribution >= 0.6 is 11.3 Å². The van der Waals surface area contributed by atoms with Crippen LogP contribution in [0.2, 0.25) is 0 Å². The van der Waals surface area contributed by atoms with Gasteiger partial charge < -0.3 is 14.3 Å². The smallest absolute Gasteiger partial charge is 0.271 e. The Hall–Kier alpha value is -2.58. The van der Waals surface area contributed by atoms with Gasteiger partial charge >= 0.3 is 0 Å². The topological polar surface area (TPSA) is 93.3 Å². The number of carbonyl (C=O) groups excluding carboxylic acids is 2. The second kappa shape index (κ2) is 8.84. The van der Waals surface area contributed by atoms with Crippen molar-refractivity contribution in [3.8, 4) is 10.8 Å². The number of ketones is 2. The first-order chi connectivity index (χ1) is 13.8. The van der Waals surface area contributed by atoms with Gasteiger partial charge in [0.15, 0.2) is 18.4 Å². The van der Waals surface area contributed by atoms with Crippen LogP contribution in [0.4, 0.5) is 0 Å². The predicted octanol–water partition coefficient (Wildman–Crippen LogP) is 3.01. The molecule has 0 spiro atoms. The Morgan fingerprint density at radius 1 is 1.31 bits per heavy atom. The first-order valence-electron chi connectivity index (χ1n) is 9.78. The molecule has 0 bridgehead atoms. The van der Waals surface area contributed by atoms with Crippen LogP contribution in [0.3, 0.4) is 0 Å². The van der Waals surface area contributed by atoms with Gasteiger partial charge in [-0.05, 0) is 51.1 Å². The minimum absolute atomic E-state index is 0.0143. The molecular formula is C21H27N4O3S+. The molecule has 0 saturated heterocycles. The van der Waals surface area contributed by atoms with Crippen LogP contribution in [0.15, 0.2) is 21.9 Å². The van der Waals surface area contributed by atoms with Crippen molar-refractivity contribution in [3.05, 3.63) is 45.9 Å². The third-order valence-electron chi connectivity index (χ3n) is 5.19. The summed E-state index contributed by atoms with van der Waals surface area (Å²) < 4.78 is 5.82. The summed E-state index contributed by atoms with van der Waals surface area (Å²) in [6, 6.07) is 3.56. The molecule has 0 fully saturated rings. The lowest BCUT2D eigenvalue weighted by molar-refractivity contribution is -0.928. The fourth-order valence-corrected chi connectivity index (χ4v) is 4.37. The summed E-state index contributed by atoms with van der Waals surface area (Å²) in [5.74, 6) is 0.972. The Labute approximate surface area is 174 Å². The van der Waals surface area contributed by atoms with Gasteiger partial charge in [0.1, 0.15) is 0 Å². The average Bonchev–Trinajstić information content (AvgIpc) is 3.40. The molecule has 154 valence electrons. The van der Waals surface area contributed by atoms with Gasteiger partial charge in [-0.3, -0.25) is 9.59 Å². The maximum Gasteiger partial charge on any atom is 0.271 e. The van der Waals surface area contributed by atoms with Gasteiger partial charge in [0.2, 0.25) is 5.78 Å². The monoisotopic (exact) mass is 415 g/mol. The van der Waals surface area contributed by atoms with Crippen LogP contribution in [0.5, 0.6) is 0 Å². The molecule has 0 aliphatic heterocycles. The molecule has 0 aliphatic carbocycles. The molecule has 3 aromatic rings. The molecule has 0 radical (unpaired) electrons. The summed E-state index contributed by atoms with van der Waals surface area (Å²) >= 11 is 1.55. The highest BCUT2D eigenvalue weighted by Gasteiger charge is 2.31. The van der Waals surface area contributed by atoms with Crippen LogP contribution in [-0.4, -0.2) is 39.3 Å². The zero-order valence-corrected chi connectivity index (χ0v) is 18.3. The fourth-order valence-electron chi connectivity index (χ4n) is 3.72. The van der Waals surface area contributed by atoms with Crippen molar-refractivity contribution < 1.29 is 18.9 Å². The highest BCUT2D eigenvalue weighted by Crippen LogP contribution is 2.23. The van der Waals surface area contributed by atoms with E-state index in [1.165, 1.54) is 6.92 Å². The standard InChI is InChI=1S/C21H26N4O3S/c1-6-9-25(11-17-23-24-21(28-17)16-8-7-10-29-16)14(4)20(27)19-12(2)18(15(5)26)13(3)22-19/h7-8,10,14,22H,6,9,11H2,1-5H3/p+1/t14-/m1/s1. The maximum absolute atomic E-state index is 13.2. The molecule has 8 heteroatoms. The lowest BCUT2D eigenvalue weighted by atomic mass is 10.0. The lowest BCUT2D eigenvalue weighted by Gasteiger charge is -2.23. The number of hydrogen-bond acceptors (Lipinski definition) is 6. The second-order valence-corrected chi connectivity index (χ2v) is 8.28. The summed E-state index contributed by atoms with van der Waals surface area (Å²) in [5.41, 5.74) is 2.58. The molecule has 3 heterocycles. The zero-order valence-electron chi connectivity index (χ0n) is 17.5. The van der Waals surface area contributed by atoms with E-state index >= 15 is 0 Å². The normalized spacial score (nSPS) is 13.4. The third kappa shape index (κ3) is 4.38. The molecule has 3 rings (SSSR count). The SMILES string of the molecule is CCC[NH+](Cc1nnc(-c2cccs2)o1)[C@H](C)C(=O)c1[nH]c(C)c(C(C)=O)c1C. The van der Waals surface area contributed by atoms with Crippen molar-refractivity contribution in [2.45, 2.75) is 53.6 Å². The van der Waals surface area contributed by atoms with Crippen LogP contribution < -0.4 is 4.90 Å². The number of aromatic amines is 1. The Morgan fingerprint density at radius 3 is 2.66 bits per heavy atom. The number of rotatable bonds is 9. The zero-order chi connectivity index (χ0) is 21.1. The van der Waals surface area contributed by atoms with Gasteiger partial charge in [0.05, 0.1) is 17.1 Å². The average molecular weight is 416 g/mol. The molecule has 2 atom stereocenters. The van der Waals surface area contributed by atoms with Crippen molar-refractivity contribution in [1.29, 1.82) is 0 Å². The lowest BCUT2D eigenvalue weighted by Crippen LogP contribution is -3.15. The maximum atomic E-state index is 13.2. The van der Waals surface area contributed by atoms with Gasteiger partial charge in [-0.1, -0.05) is 13.0 Å². The highest BCUT2D eigenvalue weighted by molar-refractivity contribution is 7.13. The molecule has 3 aromatic heterocycles. The van der Waals surface area contributed by atoms with E-state index in [9.17, 15) is 9.59 Å². The van der Waals surface area contributed by atoms with Gasteiger partial charge in [0.25, 0.3) is 11.8 Å². The minimum atomic E-state index is -0.316. The van der Waals surface area contributed by atoms with Gasteiger partial charge in [-0.15, -0.1) is 21.5 Å². The molecule has 2 N–H and O–H groups in total. The molecular weight excluding hydrogens is 388 g/mol. The summed E-state index contributed by atoms with van der Waals surface area (Å²) in [5, 5.41) is 10.3. The summed E-state index contributed by atoms with van der Waals surface area (Å²) in [6.45, 7) is 10.4. The molecule has 1 unspecified atom stereocenters. The fraction of sp³-hybridized carbons (Fsp3) is 0.429. The van der Waals surface area contributed by atoms with Crippen molar-refractivity contribution in [1.82, 2.24) is 15.2 Å². The van der Waals surface area contributed by atoms with Crippen LogP contribution in [0.25, 0.3) is 10.8 Å². The van der Waals surface area contributed by atoms with Crippen molar-refractivity contribution >= 4 is 22.9 Å². The Balaban J connectivity index is 1.81. The summed E-state index contributed by atoms with van der Waals surface area (Å²) in [6.07, 6.45) is 0.917. The third-order valence-corrected chi connectivity index (χ3v) is 6.05. The number of nitrogens with one attached hydrogen (secondary N) is 2. The molecule has 0 aromatic carbocycles. The van der Waals surface area contributed by atoms with Crippen LogP contribution in [-0.2, 0) is 6.54 Å². The number of nitrogens with zero attached hydrogens (tertiary/aromatic N) is 2. The molecule has 0 saturated carbocycles. The number of Topliss-reactive ketones (excluding diaryl/α,β-unsaturated/α-hetero) is 2. The molecule has 29 heavy (non-hydrogen) atoms. The van der Waals surface area contributed by atoms with Crippen molar-refractivity contribution in [2.24, 2.45) is 0 Å². The predicted molar refractivity (Wildman–Crippen MR) is 111 cm³/mol. The van der Waals surface area contributed by atoms with Gasteiger partial charge in [0, 0.05) is 11.3 Å². The van der Waals surface area contributed by atoms with E-state index in [0.717, 1.165) is 34.0 Å². The number of H-pyrrole nitrogens is 1. The van der Waals surface area contributed by atoms with E-state index in [4.69, 9.17) is 4.42 Å². The van der Waals surface area contributed by atoms with Crippen LogP contribution in [0, 0.1) is 13.8 Å². The minimum Gasteiger partial charge on any atom is -0.414 e. The van der Waals surface area contributed by atoms with E-state index in [2.05, 4.69) is 22.1 Å². The molecule has 0 aliphatic rings. The van der Waals surface area contributed by atoms with E-state index in [-0.39, 0.29) is 17.6 Å². The quantitative estimate of drug-likeness (QED) is 0.524. The largest absolute Gasteiger partial charge is 0.414 e. The highest BCUT2D eigenvalue weighted by atomic mass is 32.1. The number of carbonyl (C=O) groups is 2. The first-order valence-corrected chi connectivity index (χ1v) is 10.7. The second-order valence-electron chi connectivity index (χ2n) is 7.33. The number of quaternary nitrogens is 1. The van der Waals surface area contributed by atoms with Crippen LogP contribution in [0.1, 0.15) is 65.2 Å². The molecule has 7 nitrogen and oxygen atoms in total. The first kappa shape index (κ1) is 21.1. The van der Waals surface area contributed by atoms with E-state index < -0.39 is 0 Å². The van der Waals surface area contributed by atoms with E-state index in [0.29, 0.717) is 29.6 Å². The van der Waals surface area contributed by atoms with Crippen molar-refractivity contribution in [3.63, 3.8) is 0 Å².